The summed E-state index contributed by atoms with van der Waals surface area (Å²) in [5.41, 5.74) is 0.421. The van der Waals surface area contributed by atoms with Crippen LogP contribution in [0.5, 0.6) is 0 Å². The van der Waals surface area contributed by atoms with Gasteiger partial charge in [-0.3, -0.25) is 14.4 Å². The molecule has 1 aliphatic heterocycles. The largest absolute Gasteiger partial charge is 0.454 e. The third-order valence-electron chi connectivity index (χ3n) is 6.34. The van der Waals surface area contributed by atoms with Crippen LogP contribution in [-0.4, -0.2) is 30.2 Å². The Balaban J connectivity index is 1.35. The van der Waals surface area contributed by atoms with Gasteiger partial charge in [-0.2, -0.15) is 0 Å². The van der Waals surface area contributed by atoms with E-state index in [-0.39, 0.29) is 52.3 Å². The molecule has 0 unspecified atom stereocenters. The fraction of sp³-hybridized carbons (Fsp3) is 0.250. The Morgan fingerprint density at radius 1 is 0.935 bits per heavy atom. The molecule has 7 heteroatoms. The lowest BCUT2D eigenvalue weighted by Gasteiger charge is -2.19. The average Bonchev–Trinajstić information content (AvgIpc) is 3.46. The summed E-state index contributed by atoms with van der Waals surface area (Å²) in [6.45, 7) is -0.542. The van der Waals surface area contributed by atoms with Crippen LogP contribution in [0.15, 0.2) is 60.7 Å². The molecule has 2 aromatic carbocycles. The third kappa shape index (κ3) is 3.08. The van der Waals surface area contributed by atoms with Gasteiger partial charge in [-0.15, -0.1) is 0 Å². The molecule has 4 atom stereocenters. The van der Waals surface area contributed by atoms with E-state index in [4.69, 9.17) is 4.74 Å². The summed E-state index contributed by atoms with van der Waals surface area (Å²) in [7, 11) is 0. The van der Waals surface area contributed by atoms with E-state index in [1.807, 2.05) is 12.2 Å². The summed E-state index contributed by atoms with van der Waals surface area (Å²) < 4.78 is 18.2. The van der Waals surface area contributed by atoms with Gasteiger partial charge in [-0.05, 0) is 54.7 Å². The minimum Gasteiger partial charge on any atom is -0.454 e. The molecule has 0 aromatic heterocycles. The molecule has 2 aliphatic carbocycles. The summed E-state index contributed by atoms with van der Waals surface area (Å²) in [5.74, 6) is -3.02. The monoisotopic (exact) mass is 419 g/mol. The summed E-state index contributed by atoms with van der Waals surface area (Å²) in [6, 6.07) is 11.1. The number of anilines is 1. The zero-order valence-electron chi connectivity index (χ0n) is 16.4. The summed E-state index contributed by atoms with van der Waals surface area (Å²) in [4.78, 5) is 52.2. The highest BCUT2D eigenvalue weighted by atomic mass is 19.1. The number of amides is 2. The van der Waals surface area contributed by atoms with Crippen molar-refractivity contribution in [3.05, 3.63) is 77.6 Å². The van der Waals surface area contributed by atoms with Gasteiger partial charge in [-0.1, -0.05) is 24.3 Å². The number of esters is 1. The average molecular weight is 419 g/mol. The van der Waals surface area contributed by atoms with Crippen molar-refractivity contribution in [1.82, 2.24) is 0 Å². The first-order valence-corrected chi connectivity index (χ1v) is 10.1. The lowest BCUT2D eigenvalue weighted by molar-refractivity contribution is -0.123. The molecule has 6 nitrogen and oxygen atoms in total. The van der Waals surface area contributed by atoms with Crippen molar-refractivity contribution >= 4 is 29.3 Å². The number of Topliss-reactive ketones (excluding diaryl/α,β-unsaturated/α-hetero) is 1. The molecule has 31 heavy (non-hydrogen) atoms. The van der Waals surface area contributed by atoms with E-state index in [0.29, 0.717) is 0 Å². The van der Waals surface area contributed by atoms with Crippen LogP contribution in [0.4, 0.5) is 10.1 Å². The Morgan fingerprint density at radius 3 is 2.19 bits per heavy atom. The van der Waals surface area contributed by atoms with E-state index in [1.165, 1.54) is 24.3 Å². The third-order valence-corrected chi connectivity index (χ3v) is 6.34. The number of carbonyl (C=O) groups excluding carboxylic acids is 4. The van der Waals surface area contributed by atoms with Crippen LogP contribution < -0.4 is 4.90 Å². The fourth-order valence-corrected chi connectivity index (χ4v) is 4.91. The zero-order valence-corrected chi connectivity index (χ0v) is 16.4. The number of benzene rings is 2. The Morgan fingerprint density at radius 2 is 1.55 bits per heavy atom. The SMILES string of the molecule is O=C(COC(=O)c1ccccc1N1C(=O)[C@@H]2[C@H](C1=O)[C@@H]1C=C[C@@H]2C1)c1ccc(F)cc1. The number of fused-ring (bicyclic) bond motifs is 5. The van der Waals surface area contributed by atoms with Gasteiger partial charge in [0.25, 0.3) is 0 Å². The van der Waals surface area contributed by atoms with Gasteiger partial charge < -0.3 is 4.74 Å². The van der Waals surface area contributed by atoms with E-state index >= 15 is 0 Å². The number of hydrogen-bond donors (Lipinski definition) is 0. The molecule has 1 saturated carbocycles. The predicted molar refractivity (Wildman–Crippen MR) is 108 cm³/mol. The van der Waals surface area contributed by atoms with Crippen molar-refractivity contribution in [1.29, 1.82) is 0 Å². The summed E-state index contributed by atoms with van der Waals surface area (Å²) in [6.07, 6.45) is 4.82. The van der Waals surface area contributed by atoms with E-state index in [1.54, 1.807) is 12.1 Å². The van der Waals surface area contributed by atoms with E-state index in [2.05, 4.69) is 0 Å². The molecular formula is C24H18FNO5. The molecule has 156 valence electrons. The van der Waals surface area contributed by atoms with E-state index < -0.39 is 24.2 Å². The number of carbonyl (C=O) groups is 4. The second kappa shape index (κ2) is 7.27. The summed E-state index contributed by atoms with van der Waals surface area (Å²) in [5, 5.41) is 0. The van der Waals surface area contributed by atoms with Gasteiger partial charge in [0, 0.05) is 5.56 Å². The van der Waals surface area contributed by atoms with Crippen molar-refractivity contribution in [3.63, 3.8) is 0 Å². The quantitative estimate of drug-likeness (QED) is 0.322. The van der Waals surface area contributed by atoms with Crippen LogP contribution in [0.1, 0.15) is 27.1 Å². The first-order chi connectivity index (χ1) is 15.0. The highest BCUT2D eigenvalue weighted by Gasteiger charge is 2.59. The van der Waals surface area contributed by atoms with Gasteiger partial charge in [0.1, 0.15) is 5.82 Å². The number of imide groups is 1. The molecule has 2 fully saturated rings. The van der Waals surface area contributed by atoms with Gasteiger partial charge in [-0.25, -0.2) is 14.1 Å². The second-order valence-electron chi connectivity index (χ2n) is 8.04. The fourth-order valence-electron chi connectivity index (χ4n) is 4.91. The van der Waals surface area contributed by atoms with Crippen molar-refractivity contribution in [2.45, 2.75) is 6.42 Å². The molecule has 0 radical (unpaired) electrons. The number of ketones is 1. The number of ether oxygens (including phenoxy) is 1. The van der Waals surface area contributed by atoms with Crippen molar-refractivity contribution < 1.29 is 28.3 Å². The maximum atomic E-state index is 13.1. The topological polar surface area (TPSA) is 80.8 Å². The number of allylic oxidation sites excluding steroid dienone is 2. The second-order valence-corrected chi connectivity index (χ2v) is 8.04. The number of halogens is 1. The number of rotatable bonds is 5. The lowest BCUT2D eigenvalue weighted by Crippen LogP contribution is -2.34. The Bertz CT molecular complexity index is 1110. The van der Waals surface area contributed by atoms with Crippen LogP contribution in [-0.2, 0) is 14.3 Å². The van der Waals surface area contributed by atoms with Crippen LogP contribution >= 0.6 is 0 Å². The summed E-state index contributed by atoms with van der Waals surface area (Å²) >= 11 is 0. The highest BCUT2D eigenvalue weighted by molar-refractivity contribution is 6.24. The van der Waals surface area contributed by atoms with Crippen LogP contribution in [0.3, 0.4) is 0 Å². The first-order valence-electron chi connectivity index (χ1n) is 10.1. The van der Waals surface area contributed by atoms with E-state index in [9.17, 15) is 23.6 Å². The molecule has 1 heterocycles. The number of hydrogen-bond acceptors (Lipinski definition) is 5. The van der Waals surface area contributed by atoms with Gasteiger partial charge >= 0.3 is 5.97 Å². The highest BCUT2D eigenvalue weighted by Crippen LogP contribution is 2.53. The molecule has 5 rings (SSSR count). The smallest absolute Gasteiger partial charge is 0.340 e. The Hall–Kier alpha value is -3.61. The van der Waals surface area contributed by atoms with Crippen LogP contribution in [0.2, 0.25) is 0 Å². The van der Waals surface area contributed by atoms with E-state index in [0.717, 1.165) is 23.5 Å². The van der Waals surface area contributed by atoms with Crippen LogP contribution in [0.25, 0.3) is 0 Å². The minimum absolute atomic E-state index is 0.0383. The maximum Gasteiger partial charge on any atom is 0.340 e. The van der Waals surface area contributed by atoms with Crippen molar-refractivity contribution in [2.75, 3.05) is 11.5 Å². The van der Waals surface area contributed by atoms with Gasteiger partial charge in [0.15, 0.2) is 12.4 Å². The molecule has 0 N–H and O–H groups in total. The van der Waals surface area contributed by atoms with Crippen molar-refractivity contribution in [2.24, 2.45) is 23.7 Å². The molecule has 2 aromatic rings. The van der Waals surface area contributed by atoms with Crippen LogP contribution in [0, 0.1) is 29.5 Å². The predicted octanol–water partition coefficient (Wildman–Crippen LogP) is 3.18. The lowest BCUT2D eigenvalue weighted by atomic mass is 9.85. The molecule has 1 saturated heterocycles. The van der Waals surface area contributed by atoms with Gasteiger partial charge in [0.2, 0.25) is 11.8 Å². The molecule has 0 spiro atoms. The zero-order chi connectivity index (χ0) is 21.7. The molecule has 3 aliphatic rings. The number of para-hydroxylation sites is 1. The Kier molecular flexibility index (Phi) is 4.54. The van der Waals surface area contributed by atoms with Gasteiger partial charge in [0.05, 0.1) is 23.1 Å². The molecule has 2 amide bonds. The first kappa shape index (κ1) is 19.4. The Labute approximate surface area is 177 Å². The molecular weight excluding hydrogens is 401 g/mol. The number of nitrogens with zero attached hydrogens (tertiary/aromatic N) is 1. The normalized spacial score (nSPS) is 25.8. The van der Waals surface area contributed by atoms with Crippen molar-refractivity contribution in [3.8, 4) is 0 Å². The standard InChI is InChI=1S/C24H18FNO5/c25-16-9-7-13(8-10-16)19(27)12-31-24(30)17-3-1-2-4-18(17)26-22(28)20-14-5-6-15(11-14)21(20)23(26)29/h1-10,14-15,20-21H,11-12H2/t14-,15-,20-,21+/m1/s1. The maximum absolute atomic E-state index is 13.1. The minimum atomic E-state index is -0.815. The molecule has 2 bridgehead atoms.